The lowest BCUT2D eigenvalue weighted by Gasteiger charge is -2.30. The minimum absolute atomic E-state index is 0.0765. The Hall–Kier alpha value is -1.07. The zero-order chi connectivity index (χ0) is 15.9. The number of carbonyl (C=O) groups is 1. The van der Waals surface area contributed by atoms with Crippen molar-refractivity contribution in [3.8, 4) is 0 Å². The van der Waals surface area contributed by atoms with Gasteiger partial charge in [-0.1, -0.05) is 56.4 Å². The molecule has 21 heavy (non-hydrogen) atoms. The number of benzene rings is 1. The molecule has 116 valence electrons. The van der Waals surface area contributed by atoms with Crippen molar-refractivity contribution in [1.29, 1.82) is 0 Å². The molecule has 5 heteroatoms. The third kappa shape index (κ3) is 4.71. The quantitative estimate of drug-likeness (QED) is 0.722. The Morgan fingerprint density at radius 3 is 2.33 bits per heavy atom. The van der Waals surface area contributed by atoms with Gasteiger partial charge in [0.1, 0.15) is 5.92 Å². The molecule has 1 aromatic carbocycles. The maximum absolute atomic E-state index is 12.5. The molecule has 1 unspecified atom stereocenters. The average Bonchev–Trinajstić information content (AvgIpc) is 2.50. The zero-order valence-electron chi connectivity index (χ0n) is 12.9. The van der Waals surface area contributed by atoms with E-state index in [1.165, 1.54) is 0 Å². The summed E-state index contributed by atoms with van der Waals surface area (Å²) in [5.41, 5.74) is 6.61. The van der Waals surface area contributed by atoms with Gasteiger partial charge in [-0.15, -0.1) is 0 Å². The van der Waals surface area contributed by atoms with Crippen LogP contribution in [-0.2, 0) is 4.79 Å². The van der Waals surface area contributed by atoms with Gasteiger partial charge >= 0.3 is 0 Å². The molecule has 0 saturated heterocycles. The first-order chi connectivity index (χ1) is 9.99. The second-order valence-corrected chi connectivity index (χ2v) is 6.80. The van der Waals surface area contributed by atoms with Gasteiger partial charge in [-0.05, 0) is 24.7 Å². The van der Waals surface area contributed by atoms with Crippen molar-refractivity contribution in [3.63, 3.8) is 0 Å². The van der Waals surface area contributed by atoms with E-state index in [2.05, 4.69) is 25.4 Å². The fraction of sp³-hybridized carbons (Fsp3) is 0.500. The van der Waals surface area contributed by atoms with E-state index in [4.69, 9.17) is 18.0 Å². The molecule has 0 spiro atoms. The number of hydrogen-bond donors (Lipinski definition) is 2. The molecule has 0 aliphatic heterocycles. The molecule has 1 amide bonds. The molecule has 0 saturated carbocycles. The summed E-state index contributed by atoms with van der Waals surface area (Å²) in [5, 5.41) is 3.03. The van der Waals surface area contributed by atoms with E-state index in [-0.39, 0.29) is 15.6 Å². The number of thioether (sulfide) groups is 1. The summed E-state index contributed by atoms with van der Waals surface area (Å²) in [4.78, 5) is 12.7. The predicted molar refractivity (Wildman–Crippen MR) is 95.8 cm³/mol. The van der Waals surface area contributed by atoms with Gasteiger partial charge in [0.15, 0.2) is 0 Å². The summed E-state index contributed by atoms with van der Waals surface area (Å²) in [7, 11) is 0. The van der Waals surface area contributed by atoms with Gasteiger partial charge in [0.2, 0.25) is 5.91 Å². The Morgan fingerprint density at radius 2 is 1.90 bits per heavy atom. The molecular formula is C16H24N2OS2. The lowest BCUT2D eigenvalue weighted by atomic mass is 9.97. The molecule has 1 rings (SSSR count). The van der Waals surface area contributed by atoms with Crippen molar-refractivity contribution in [2.45, 2.75) is 37.4 Å². The molecule has 0 heterocycles. The third-order valence-corrected chi connectivity index (χ3v) is 5.81. The second-order valence-electron chi connectivity index (χ2n) is 5.06. The molecule has 0 aliphatic rings. The summed E-state index contributed by atoms with van der Waals surface area (Å²) >= 11 is 6.88. The molecule has 0 aromatic heterocycles. The van der Waals surface area contributed by atoms with Gasteiger partial charge in [-0.25, -0.2) is 0 Å². The van der Waals surface area contributed by atoms with Gasteiger partial charge in [-0.2, -0.15) is 11.8 Å². The number of carbonyl (C=O) groups excluding carboxylic acids is 1. The van der Waals surface area contributed by atoms with Gasteiger partial charge in [0, 0.05) is 11.3 Å². The lowest BCUT2D eigenvalue weighted by Crippen LogP contribution is -2.43. The van der Waals surface area contributed by atoms with Crippen LogP contribution in [0.2, 0.25) is 0 Å². The summed E-state index contributed by atoms with van der Waals surface area (Å²) in [6.07, 6.45) is 4.10. The molecular weight excluding hydrogens is 300 g/mol. The highest BCUT2D eigenvalue weighted by Gasteiger charge is 2.29. The molecule has 0 radical (unpaired) electrons. The minimum Gasteiger partial charge on any atom is -0.392 e. The molecule has 3 nitrogen and oxygen atoms in total. The first-order valence-electron chi connectivity index (χ1n) is 7.16. The number of amides is 1. The highest BCUT2D eigenvalue weighted by Crippen LogP contribution is 2.29. The van der Waals surface area contributed by atoms with Crippen molar-refractivity contribution >= 4 is 34.9 Å². The van der Waals surface area contributed by atoms with Crippen LogP contribution in [0.3, 0.4) is 0 Å². The molecule has 0 fully saturated rings. The predicted octanol–water partition coefficient (Wildman–Crippen LogP) is 3.09. The van der Waals surface area contributed by atoms with Crippen LogP contribution < -0.4 is 11.1 Å². The summed E-state index contributed by atoms with van der Waals surface area (Å²) in [6.45, 7) is 4.93. The smallest absolute Gasteiger partial charge is 0.234 e. The van der Waals surface area contributed by atoms with Crippen molar-refractivity contribution in [1.82, 2.24) is 5.32 Å². The topological polar surface area (TPSA) is 55.1 Å². The van der Waals surface area contributed by atoms with E-state index in [0.717, 1.165) is 18.4 Å². The number of rotatable bonds is 8. The van der Waals surface area contributed by atoms with Crippen molar-refractivity contribution < 1.29 is 4.79 Å². The van der Waals surface area contributed by atoms with Crippen molar-refractivity contribution in [2.75, 3.05) is 12.8 Å². The van der Waals surface area contributed by atoms with Crippen LogP contribution in [0, 0.1) is 0 Å². The normalized spacial score (nSPS) is 12.7. The number of nitrogens with two attached hydrogens (primary N) is 1. The summed E-state index contributed by atoms with van der Waals surface area (Å²) in [5.74, 6) is -0.677. The van der Waals surface area contributed by atoms with E-state index in [0.29, 0.717) is 6.54 Å². The van der Waals surface area contributed by atoms with E-state index in [1.54, 1.807) is 11.8 Å². The fourth-order valence-corrected chi connectivity index (χ4v) is 3.34. The standard InChI is InChI=1S/C16H24N2OS2/c1-4-16(5-2,21-3)11-18-15(19)13(14(17)20)12-9-7-6-8-10-12/h6-10,13H,4-5,11H2,1-3H3,(H2,17,20)(H,18,19). The van der Waals surface area contributed by atoms with Gasteiger partial charge < -0.3 is 11.1 Å². The Morgan fingerprint density at radius 1 is 1.33 bits per heavy atom. The van der Waals surface area contributed by atoms with E-state index in [1.807, 2.05) is 30.3 Å². The first kappa shape index (κ1) is 18.0. The van der Waals surface area contributed by atoms with E-state index in [9.17, 15) is 4.79 Å². The van der Waals surface area contributed by atoms with Crippen LogP contribution in [0.1, 0.15) is 38.2 Å². The Kier molecular flexibility index (Phi) is 7.18. The maximum Gasteiger partial charge on any atom is 0.234 e. The Bertz CT molecular complexity index is 464. The van der Waals surface area contributed by atoms with Crippen LogP contribution in [0.5, 0.6) is 0 Å². The van der Waals surface area contributed by atoms with Crippen LogP contribution in [0.25, 0.3) is 0 Å². The van der Waals surface area contributed by atoms with Crippen molar-refractivity contribution in [3.05, 3.63) is 35.9 Å². The molecule has 0 aliphatic carbocycles. The highest BCUT2D eigenvalue weighted by molar-refractivity contribution is 8.00. The highest BCUT2D eigenvalue weighted by atomic mass is 32.2. The first-order valence-corrected chi connectivity index (χ1v) is 8.80. The Labute approximate surface area is 137 Å². The van der Waals surface area contributed by atoms with Gasteiger partial charge in [0.05, 0.1) is 4.99 Å². The monoisotopic (exact) mass is 324 g/mol. The number of hydrogen-bond acceptors (Lipinski definition) is 3. The summed E-state index contributed by atoms with van der Waals surface area (Å²) < 4.78 is 0.0765. The number of thiocarbonyl (C=S) groups is 1. The van der Waals surface area contributed by atoms with Crippen LogP contribution in [0.4, 0.5) is 0 Å². The molecule has 1 aromatic rings. The third-order valence-electron chi connectivity index (χ3n) is 3.99. The lowest BCUT2D eigenvalue weighted by molar-refractivity contribution is -0.121. The SMILES string of the molecule is CCC(CC)(CNC(=O)C(C(N)=S)c1ccccc1)SC. The van der Waals surface area contributed by atoms with Gasteiger partial charge in [0.25, 0.3) is 0 Å². The Balaban J connectivity index is 2.82. The number of nitrogens with one attached hydrogen (secondary N) is 1. The maximum atomic E-state index is 12.5. The van der Waals surface area contributed by atoms with Crippen LogP contribution in [-0.4, -0.2) is 28.4 Å². The van der Waals surface area contributed by atoms with E-state index >= 15 is 0 Å². The zero-order valence-corrected chi connectivity index (χ0v) is 14.5. The van der Waals surface area contributed by atoms with Gasteiger partial charge in [-0.3, -0.25) is 4.79 Å². The minimum atomic E-state index is -0.561. The largest absolute Gasteiger partial charge is 0.392 e. The summed E-state index contributed by atoms with van der Waals surface area (Å²) in [6, 6.07) is 9.44. The molecule has 0 bridgehead atoms. The van der Waals surface area contributed by atoms with Crippen LogP contribution in [0.15, 0.2) is 30.3 Å². The fourth-order valence-electron chi connectivity index (χ4n) is 2.30. The van der Waals surface area contributed by atoms with Crippen LogP contribution >= 0.6 is 24.0 Å². The second kappa shape index (κ2) is 8.39. The van der Waals surface area contributed by atoms with E-state index < -0.39 is 5.92 Å². The van der Waals surface area contributed by atoms with Crippen molar-refractivity contribution in [2.24, 2.45) is 5.73 Å². The molecule has 1 atom stereocenters. The molecule has 3 N–H and O–H groups in total. The average molecular weight is 325 g/mol.